The molecule has 0 bridgehead atoms. The van der Waals surface area contributed by atoms with Crippen molar-refractivity contribution in [1.29, 1.82) is 0 Å². The molecule has 142 valence electrons. The van der Waals surface area contributed by atoms with E-state index in [1.54, 1.807) is 6.33 Å². The van der Waals surface area contributed by atoms with Crippen molar-refractivity contribution in [3.8, 4) is 12.3 Å². The van der Waals surface area contributed by atoms with Gasteiger partial charge < -0.3 is 24.3 Å². The minimum Gasteiger partial charge on any atom is -0.379 e. The summed E-state index contributed by atoms with van der Waals surface area (Å²) in [5.41, 5.74) is 1.33. The van der Waals surface area contributed by atoms with Gasteiger partial charge in [0.1, 0.15) is 24.6 Å². The SMILES string of the molecule is C#C[C@H]1O[C@@H](n2cnc3c(NC4CCOC4)ncnc32)[C@H]2OC(C)(C)O[C@@H]21. The van der Waals surface area contributed by atoms with Crippen LogP contribution in [0.25, 0.3) is 11.2 Å². The van der Waals surface area contributed by atoms with Gasteiger partial charge in [-0.05, 0) is 20.3 Å². The molecule has 27 heavy (non-hydrogen) atoms. The molecule has 2 aromatic heterocycles. The van der Waals surface area contributed by atoms with Crippen molar-refractivity contribution >= 4 is 17.0 Å². The van der Waals surface area contributed by atoms with E-state index in [2.05, 4.69) is 26.2 Å². The van der Waals surface area contributed by atoms with Gasteiger partial charge in [0.2, 0.25) is 0 Å². The first-order valence-electron chi connectivity index (χ1n) is 9.05. The van der Waals surface area contributed by atoms with Crippen LogP contribution in [-0.2, 0) is 18.9 Å². The first-order valence-corrected chi connectivity index (χ1v) is 9.05. The second kappa shape index (κ2) is 6.14. The monoisotopic (exact) mass is 371 g/mol. The zero-order chi connectivity index (χ0) is 18.6. The molecule has 0 saturated carbocycles. The third kappa shape index (κ3) is 2.76. The van der Waals surface area contributed by atoms with Crippen LogP contribution in [0.1, 0.15) is 26.5 Å². The van der Waals surface area contributed by atoms with Crippen molar-refractivity contribution in [3.05, 3.63) is 12.7 Å². The van der Waals surface area contributed by atoms with E-state index < -0.39 is 18.1 Å². The summed E-state index contributed by atoms with van der Waals surface area (Å²) in [4.78, 5) is 13.3. The summed E-state index contributed by atoms with van der Waals surface area (Å²) in [6, 6.07) is 0.221. The summed E-state index contributed by atoms with van der Waals surface area (Å²) < 4.78 is 25.3. The first kappa shape index (κ1) is 16.9. The average Bonchev–Trinajstić information content (AvgIpc) is 3.38. The number of nitrogens with one attached hydrogen (secondary N) is 1. The molecule has 0 aliphatic carbocycles. The van der Waals surface area contributed by atoms with E-state index in [0.717, 1.165) is 13.0 Å². The number of hydrogen-bond donors (Lipinski definition) is 1. The third-order valence-electron chi connectivity index (χ3n) is 5.10. The quantitative estimate of drug-likeness (QED) is 0.802. The van der Waals surface area contributed by atoms with Crippen LogP contribution in [0.3, 0.4) is 0 Å². The molecule has 0 spiro atoms. The summed E-state index contributed by atoms with van der Waals surface area (Å²) in [7, 11) is 0. The fourth-order valence-electron chi connectivity index (χ4n) is 3.92. The average molecular weight is 371 g/mol. The Morgan fingerprint density at radius 2 is 2.11 bits per heavy atom. The number of aromatic nitrogens is 4. The van der Waals surface area contributed by atoms with Gasteiger partial charge in [-0.2, -0.15) is 0 Å². The Morgan fingerprint density at radius 3 is 2.89 bits per heavy atom. The molecular weight excluding hydrogens is 350 g/mol. The Labute approximate surface area is 156 Å². The van der Waals surface area contributed by atoms with Crippen molar-refractivity contribution in [2.45, 2.75) is 56.6 Å². The number of anilines is 1. The molecule has 5 rings (SSSR count). The van der Waals surface area contributed by atoms with Crippen LogP contribution >= 0.6 is 0 Å². The summed E-state index contributed by atoms with van der Waals surface area (Å²) in [6.45, 7) is 5.15. The Hall–Kier alpha value is -2.25. The maximum absolute atomic E-state index is 6.06. The highest BCUT2D eigenvalue weighted by Crippen LogP contribution is 2.43. The first-order chi connectivity index (χ1) is 13.1. The number of fused-ring (bicyclic) bond motifs is 2. The Balaban J connectivity index is 1.49. The molecule has 3 saturated heterocycles. The van der Waals surface area contributed by atoms with E-state index >= 15 is 0 Å². The molecule has 0 amide bonds. The fourth-order valence-corrected chi connectivity index (χ4v) is 3.92. The molecule has 5 heterocycles. The molecule has 5 atom stereocenters. The van der Waals surface area contributed by atoms with Crippen molar-refractivity contribution in [1.82, 2.24) is 19.5 Å². The number of ether oxygens (including phenoxy) is 4. The predicted octanol–water partition coefficient (Wildman–Crippen LogP) is 1.08. The molecule has 9 heteroatoms. The van der Waals surface area contributed by atoms with Crippen molar-refractivity contribution < 1.29 is 18.9 Å². The maximum atomic E-state index is 6.06. The van der Waals surface area contributed by atoms with Crippen LogP contribution in [0, 0.1) is 12.3 Å². The van der Waals surface area contributed by atoms with E-state index in [-0.39, 0.29) is 18.2 Å². The minimum atomic E-state index is -0.715. The van der Waals surface area contributed by atoms with E-state index in [4.69, 9.17) is 25.4 Å². The lowest BCUT2D eigenvalue weighted by atomic mass is 10.1. The lowest BCUT2D eigenvalue weighted by Gasteiger charge is -2.23. The van der Waals surface area contributed by atoms with Crippen LogP contribution in [-0.4, -0.2) is 62.9 Å². The lowest BCUT2D eigenvalue weighted by molar-refractivity contribution is -0.190. The second-order valence-corrected chi connectivity index (χ2v) is 7.43. The van der Waals surface area contributed by atoms with Crippen molar-refractivity contribution in [2.24, 2.45) is 0 Å². The summed E-state index contributed by atoms with van der Waals surface area (Å²) in [5.74, 6) is 2.62. The van der Waals surface area contributed by atoms with E-state index in [9.17, 15) is 0 Å². The van der Waals surface area contributed by atoms with Crippen molar-refractivity contribution in [2.75, 3.05) is 18.5 Å². The lowest BCUT2D eigenvalue weighted by Crippen LogP contribution is -2.28. The zero-order valence-electron chi connectivity index (χ0n) is 15.2. The van der Waals surface area contributed by atoms with Gasteiger partial charge in [-0.3, -0.25) is 4.57 Å². The fraction of sp³-hybridized carbons (Fsp3) is 0.611. The number of terminal acetylenes is 1. The number of rotatable bonds is 3. The smallest absolute Gasteiger partial charge is 0.167 e. The zero-order valence-corrected chi connectivity index (χ0v) is 15.2. The topological polar surface area (TPSA) is 92.6 Å². The van der Waals surface area contributed by atoms with Crippen molar-refractivity contribution in [3.63, 3.8) is 0 Å². The Morgan fingerprint density at radius 1 is 1.26 bits per heavy atom. The maximum Gasteiger partial charge on any atom is 0.167 e. The van der Waals surface area contributed by atoms with Gasteiger partial charge in [0.15, 0.2) is 29.0 Å². The third-order valence-corrected chi connectivity index (χ3v) is 5.10. The predicted molar refractivity (Wildman–Crippen MR) is 94.7 cm³/mol. The Kier molecular flexibility index (Phi) is 3.84. The van der Waals surface area contributed by atoms with Gasteiger partial charge >= 0.3 is 0 Å². The summed E-state index contributed by atoms with van der Waals surface area (Å²) in [5, 5.41) is 3.39. The molecule has 9 nitrogen and oxygen atoms in total. The highest BCUT2D eigenvalue weighted by molar-refractivity contribution is 5.82. The van der Waals surface area contributed by atoms with Crippen LogP contribution in [0.15, 0.2) is 12.7 Å². The van der Waals surface area contributed by atoms with Gasteiger partial charge in [0, 0.05) is 6.61 Å². The molecular formula is C18H21N5O4. The molecule has 1 unspecified atom stereocenters. The van der Waals surface area contributed by atoms with Crippen LogP contribution in [0.5, 0.6) is 0 Å². The molecule has 1 N–H and O–H groups in total. The minimum absolute atomic E-state index is 0.221. The van der Waals surface area contributed by atoms with Gasteiger partial charge in [-0.25, -0.2) is 15.0 Å². The highest BCUT2D eigenvalue weighted by Gasteiger charge is 2.55. The molecule has 0 radical (unpaired) electrons. The van der Waals surface area contributed by atoms with Gasteiger partial charge in [0.05, 0.1) is 19.0 Å². The molecule has 3 fully saturated rings. The normalized spacial score (nSPS) is 34.6. The van der Waals surface area contributed by atoms with Gasteiger partial charge in [-0.1, -0.05) is 5.92 Å². The number of hydrogen-bond acceptors (Lipinski definition) is 8. The summed E-state index contributed by atoms with van der Waals surface area (Å²) >= 11 is 0. The largest absolute Gasteiger partial charge is 0.379 e. The van der Waals surface area contributed by atoms with Gasteiger partial charge in [0.25, 0.3) is 0 Å². The van der Waals surface area contributed by atoms with E-state index in [1.165, 1.54) is 6.33 Å². The standard InChI is InChI=1S/C18H21N5O4/c1-4-11-13-14(27-18(2,3)26-13)17(25-11)23-9-21-12-15(19-8-20-16(12)23)22-10-5-6-24-7-10/h1,8-11,13-14,17H,5-7H2,2-3H3,(H,19,20,22)/t10?,11-,13-,14+,17-/m1/s1. The molecule has 0 aromatic carbocycles. The van der Waals surface area contributed by atoms with Crippen LogP contribution in [0.4, 0.5) is 5.82 Å². The Bertz CT molecular complexity index is 901. The molecule has 3 aliphatic rings. The van der Waals surface area contributed by atoms with Crippen LogP contribution < -0.4 is 5.32 Å². The number of imidazole rings is 1. The molecule has 2 aromatic rings. The number of nitrogens with zero attached hydrogens (tertiary/aromatic N) is 4. The van der Waals surface area contributed by atoms with Crippen LogP contribution in [0.2, 0.25) is 0 Å². The van der Waals surface area contributed by atoms with E-state index in [0.29, 0.717) is 23.6 Å². The van der Waals surface area contributed by atoms with E-state index in [1.807, 2.05) is 18.4 Å². The molecule has 3 aliphatic heterocycles. The van der Waals surface area contributed by atoms with Gasteiger partial charge in [-0.15, -0.1) is 6.42 Å². The highest BCUT2D eigenvalue weighted by atomic mass is 16.8. The summed E-state index contributed by atoms with van der Waals surface area (Å²) in [6.07, 6.45) is 8.14. The second-order valence-electron chi connectivity index (χ2n) is 7.43.